The molecule has 1 saturated carbocycles. The van der Waals surface area contributed by atoms with Gasteiger partial charge in [0.15, 0.2) is 0 Å². The topological polar surface area (TPSA) is 18.5 Å². The minimum absolute atomic E-state index is 0.764. The molecular formula is C15H29N3. The van der Waals surface area contributed by atoms with Crippen LogP contribution in [-0.2, 0) is 0 Å². The standard InChI is InChI=1S/C15H29N3/c1-12-9-14(11-18(12)15-3-4-15)16-10-13-5-7-17(2)8-6-13/h12-16H,3-11H2,1-2H3. The van der Waals surface area contributed by atoms with Gasteiger partial charge in [-0.05, 0) is 71.6 Å². The summed E-state index contributed by atoms with van der Waals surface area (Å²) in [5.41, 5.74) is 0. The van der Waals surface area contributed by atoms with Gasteiger partial charge in [-0.15, -0.1) is 0 Å². The Labute approximate surface area is 112 Å². The highest BCUT2D eigenvalue weighted by Gasteiger charge is 2.38. The first-order valence-electron chi connectivity index (χ1n) is 7.90. The fourth-order valence-corrected chi connectivity index (χ4v) is 3.72. The molecule has 2 atom stereocenters. The molecule has 3 aliphatic rings. The zero-order valence-electron chi connectivity index (χ0n) is 12.1. The molecule has 104 valence electrons. The maximum atomic E-state index is 3.85. The van der Waals surface area contributed by atoms with E-state index in [0.29, 0.717) is 0 Å². The Morgan fingerprint density at radius 1 is 1.11 bits per heavy atom. The highest BCUT2D eigenvalue weighted by atomic mass is 15.3. The summed E-state index contributed by atoms with van der Waals surface area (Å²) >= 11 is 0. The molecule has 0 bridgehead atoms. The molecule has 3 nitrogen and oxygen atoms in total. The van der Waals surface area contributed by atoms with Crippen molar-refractivity contribution in [3.8, 4) is 0 Å². The zero-order chi connectivity index (χ0) is 12.5. The van der Waals surface area contributed by atoms with E-state index in [0.717, 1.165) is 24.0 Å². The second-order valence-corrected chi connectivity index (χ2v) is 6.86. The molecule has 3 heteroatoms. The average Bonchev–Trinajstić information content (AvgIpc) is 3.13. The van der Waals surface area contributed by atoms with E-state index in [4.69, 9.17) is 0 Å². The van der Waals surface area contributed by atoms with Crippen molar-refractivity contribution in [1.82, 2.24) is 15.1 Å². The van der Waals surface area contributed by atoms with E-state index in [1.165, 1.54) is 58.3 Å². The van der Waals surface area contributed by atoms with Crippen LogP contribution < -0.4 is 5.32 Å². The third-order valence-electron chi connectivity index (χ3n) is 5.17. The Balaban J connectivity index is 1.38. The van der Waals surface area contributed by atoms with Gasteiger partial charge in [-0.25, -0.2) is 0 Å². The third-order valence-corrected chi connectivity index (χ3v) is 5.17. The molecule has 0 aromatic carbocycles. The van der Waals surface area contributed by atoms with Crippen molar-refractivity contribution in [2.45, 2.75) is 57.2 Å². The Bertz CT molecular complexity index is 269. The molecule has 18 heavy (non-hydrogen) atoms. The minimum atomic E-state index is 0.764. The second-order valence-electron chi connectivity index (χ2n) is 6.86. The fourth-order valence-electron chi connectivity index (χ4n) is 3.72. The van der Waals surface area contributed by atoms with E-state index in [9.17, 15) is 0 Å². The van der Waals surface area contributed by atoms with Crippen molar-refractivity contribution in [3.63, 3.8) is 0 Å². The molecule has 0 spiro atoms. The monoisotopic (exact) mass is 251 g/mol. The Morgan fingerprint density at radius 2 is 1.83 bits per heavy atom. The predicted octanol–water partition coefficient (Wildman–Crippen LogP) is 1.54. The molecule has 2 unspecified atom stereocenters. The molecule has 0 aromatic heterocycles. The van der Waals surface area contributed by atoms with Gasteiger partial charge in [0.2, 0.25) is 0 Å². The summed E-state index contributed by atoms with van der Waals surface area (Å²) in [6.07, 6.45) is 7.04. The van der Waals surface area contributed by atoms with Gasteiger partial charge in [0.25, 0.3) is 0 Å². The van der Waals surface area contributed by atoms with Gasteiger partial charge < -0.3 is 10.2 Å². The fraction of sp³-hybridized carbons (Fsp3) is 1.00. The molecule has 3 fully saturated rings. The molecule has 1 aliphatic carbocycles. The highest BCUT2D eigenvalue weighted by Crippen LogP contribution is 2.33. The summed E-state index contributed by atoms with van der Waals surface area (Å²) in [4.78, 5) is 5.20. The van der Waals surface area contributed by atoms with E-state index in [-0.39, 0.29) is 0 Å². The summed E-state index contributed by atoms with van der Waals surface area (Å²) in [6.45, 7) is 7.56. The van der Waals surface area contributed by atoms with Gasteiger partial charge in [-0.1, -0.05) is 0 Å². The molecule has 3 rings (SSSR count). The highest BCUT2D eigenvalue weighted by molar-refractivity contribution is 4.96. The summed E-state index contributed by atoms with van der Waals surface area (Å²) in [6, 6.07) is 2.52. The van der Waals surface area contributed by atoms with Gasteiger partial charge in [0.1, 0.15) is 0 Å². The number of nitrogens with one attached hydrogen (secondary N) is 1. The Hall–Kier alpha value is -0.120. The van der Waals surface area contributed by atoms with Crippen molar-refractivity contribution in [1.29, 1.82) is 0 Å². The lowest BCUT2D eigenvalue weighted by atomic mass is 9.97. The van der Waals surface area contributed by atoms with Gasteiger partial charge in [-0.3, -0.25) is 4.90 Å². The van der Waals surface area contributed by atoms with Gasteiger partial charge in [0, 0.05) is 24.7 Å². The first-order chi connectivity index (χ1) is 8.72. The Kier molecular flexibility index (Phi) is 3.92. The summed E-state index contributed by atoms with van der Waals surface area (Å²) in [7, 11) is 2.25. The van der Waals surface area contributed by atoms with Crippen molar-refractivity contribution in [2.24, 2.45) is 5.92 Å². The maximum Gasteiger partial charge on any atom is 0.0210 e. The van der Waals surface area contributed by atoms with Crippen LogP contribution in [0.5, 0.6) is 0 Å². The van der Waals surface area contributed by atoms with Crippen LogP contribution in [0.1, 0.15) is 39.0 Å². The maximum absolute atomic E-state index is 3.85. The largest absolute Gasteiger partial charge is 0.312 e. The number of nitrogens with zero attached hydrogens (tertiary/aromatic N) is 2. The summed E-state index contributed by atoms with van der Waals surface area (Å²) in [5, 5.41) is 3.85. The third kappa shape index (κ3) is 3.06. The smallest absolute Gasteiger partial charge is 0.0210 e. The van der Waals surface area contributed by atoms with Crippen molar-refractivity contribution < 1.29 is 0 Å². The normalized spacial score (nSPS) is 36.3. The van der Waals surface area contributed by atoms with Crippen LogP contribution in [0.2, 0.25) is 0 Å². The summed E-state index contributed by atoms with van der Waals surface area (Å²) in [5.74, 6) is 0.923. The molecule has 0 amide bonds. The van der Waals surface area contributed by atoms with E-state index in [2.05, 4.69) is 29.1 Å². The van der Waals surface area contributed by atoms with Crippen LogP contribution in [-0.4, -0.2) is 61.2 Å². The molecule has 2 heterocycles. The quantitative estimate of drug-likeness (QED) is 0.818. The molecular weight excluding hydrogens is 222 g/mol. The second kappa shape index (κ2) is 5.48. The number of hydrogen-bond acceptors (Lipinski definition) is 3. The van der Waals surface area contributed by atoms with Crippen LogP contribution in [0.3, 0.4) is 0 Å². The van der Waals surface area contributed by atoms with Crippen LogP contribution in [0, 0.1) is 5.92 Å². The van der Waals surface area contributed by atoms with Crippen LogP contribution in [0.15, 0.2) is 0 Å². The Morgan fingerprint density at radius 3 is 2.50 bits per heavy atom. The van der Waals surface area contributed by atoms with Gasteiger partial charge in [0.05, 0.1) is 0 Å². The van der Waals surface area contributed by atoms with E-state index in [1.54, 1.807) is 0 Å². The first kappa shape index (κ1) is 12.9. The van der Waals surface area contributed by atoms with Gasteiger partial charge >= 0.3 is 0 Å². The van der Waals surface area contributed by atoms with Crippen molar-refractivity contribution >= 4 is 0 Å². The molecule has 1 N–H and O–H groups in total. The first-order valence-corrected chi connectivity index (χ1v) is 7.90. The molecule has 2 saturated heterocycles. The minimum Gasteiger partial charge on any atom is -0.312 e. The number of piperidine rings is 1. The average molecular weight is 251 g/mol. The van der Waals surface area contributed by atoms with E-state index < -0.39 is 0 Å². The molecule has 0 aromatic rings. The number of rotatable bonds is 4. The van der Waals surface area contributed by atoms with Crippen LogP contribution in [0.25, 0.3) is 0 Å². The van der Waals surface area contributed by atoms with Gasteiger partial charge in [-0.2, -0.15) is 0 Å². The van der Waals surface area contributed by atoms with E-state index >= 15 is 0 Å². The lowest BCUT2D eigenvalue weighted by molar-refractivity contribution is 0.211. The van der Waals surface area contributed by atoms with Crippen LogP contribution >= 0.6 is 0 Å². The lowest BCUT2D eigenvalue weighted by Crippen LogP contribution is -2.40. The van der Waals surface area contributed by atoms with Crippen LogP contribution in [0.4, 0.5) is 0 Å². The predicted molar refractivity (Wildman–Crippen MR) is 75.8 cm³/mol. The zero-order valence-corrected chi connectivity index (χ0v) is 12.1. The lowest BCUT2D eigenvalue weighted by Gasteiger charge is -2.29. The van der Waals surface area contributed by atoms with Crippen molar-refractivity contribution in [3.05, 3.63) is 0 Å². The summed E-state index contributed by atoms with van der Waals surface area (Å²) < 4.78 is 0. The molecule has 2 aliphatic heterocycles. The van der Waals surface area contributed by atoms with E-state index in [1.807, 2.05) is 0 Å². The number of hydrogen-bond donors (Lipinski definition) is 1. The SMILES string of the molecule is CC1CC(NCC2CCN(C)CC2)CN1C1CC1. The number of likely N-dealkylation sites (tertiary alicyclic amines) is 2. The molecule has 0 radical (unpaired) electrons. The van der Waals surface area contributed by atoms with Crippen molar-refractivity contribution in [2.75, 3.05) is 33.2 Å².